The van der Waals surface area contributed by atoms with E-state index in [4.69, 9.17) is 15.0 Å². The molecule has 0 aliphatic carbocycles. The van der Waals surface area contributed by atoms with Crippen molar-refractivity contribution in [3.05, 3.63) is 212 Å². The van der Waals surface area contributed by atoms with E-state index in [0.717, 1.165) is 49.0 Å². The van der Waals surface area contributed by atoms with Gasteiger partial charge in [-0.2, -0.15) is 0 Å². The lowest BCUT2D eigenvalue weighted by Gasteiger charge is -2.15. The normalized spacial score (nSPS) is 11.6. The second kappa shape index (κ2) is 14.5. The molecule has 0 saturated carbocycles. The van der Waals surface area contributed by atoms with Crippen LogP contribution in [0.3, 0.4) is 0 Å². The summed E-state index contributed by atoms with van der Waals surface area (Å²) >= 11 is 1.80. The first-order chi connectivity index (χ1) is 30.2. The fraction of sp³-hybridized carbons (Fsp3) is 0. The fourth-order valence-corrected chi connectivity index (χ4v) is 10.2. The minimum atomic E-state index is 0.628. The smallest absolute Gasteiger partial charge is 0.165 e. The molecule has 61 heavy (non-hydrogen) atoms. The summed E-state index contributed by atoms with van der Waals surface area (Å²) in [5.41, 5.74) is 9.75. The second-order valence-corrected chi connectivity index (χ2v) is 16.6. The lowest BCUT2D eigenvalue weighted by atomic mass is 9.91. The number of rotatable bonds is 6. The molecule has 0 unspecified atom stereocenters. The van der Waals surface area contributed by atoms with E-state index in [0.29, 0.717) is 17.5 Å². The summed E-state index contributed by atoms with van der Waals surface area (Å²) in [4.78, 5) is 16.2. The van der Waals surface area contributed by atoms with Gasteiger partial charge in [-0.3, -0.25) is 0 Å². The van der Waals surface area contributed by atoms with Gasteiger partial charge in [-0.25, -0.2) is 15.0 Å². The van der Waals surface area contributed by atoms with Gasteiger partial charge in [0.15, 0.2) is 17.5 Å². The van der Waals surface area contributed by atoms with Gasteiger partial charge in [-0.15, -0.1) is 11.3 Å². The summed E-state index contributed by atoms with van der Waals surface area (Å²) in [6, 6.07) is 75.8. The summed E-state index contributed by atoms with van der Waals surface area (Å²) in [5, 5.41) is 9.63. The Hall–Kier alpha value is -7.79. The van der Waals surface area contributed by atoms with Crippen LogP contribution in [-0.2, 0) is 0 Å². The molecule has 0 fully saturated rings. The van der Waals surface area contributed by atoms with Gasteiger partial charge in [0.05, 0.1) is 0 Å². The highest BCUT2D eigenvalue weighted by Gasteiger charge is 2.20. The predicted octanol–water partition coefficient (Wildman–Crippen LogP) is 15.7. The summed E-state index contributed by atoms with van der Waals surface area (Å²) in [6.45, 7) is 0. The molecule has 0 spiro atoms. The average Bonchev–Trinajstić information content (AvgIpc) is 3.70. The summed E-state index contributed by atoms with van der Waals surface area (Å²) in [5.74, 6) is 1.91. The Kier molecular flexibility index (Phi) is 8.36. The molecule has 0 amide bonds. The standard InChI is InChI=1S/C57H35N3S/c1-3-15-36(16-4-1)44-29-30-45(47-26-12-11-25-46(44)47)42-23-13-24-43(31-42)55-58-56(49-28-14-27-48-51-33-39-20-9-10-22-41(39)35-53(51)61-54(48)49)60-57(59-55)52-34-40-21-8-7-19-38(40)32-50(52)37-17-5-2-6-18-37/h1-35H. The molecule has 0 aliphatic rings. The van der Waals surface area contributed by atoms with E-state index >= 15 is 0 Å². The zero-order valence-electron chi connectivity index (χ0n) is 33.0. The van der Waals surface area contributed by atoms with Crippen LogP contribution in [0.15, 0.2) is 212 Å². The van der Waals surface area contributed by atoms with Crippen molar-refractivity contribution in [2.24, 2.45) is 0 Å². The quantitative estimate of drug-likeness (QED) is 0.168. The molecule has 12 aromatic rings. The molecule has 12 rings (SSSR count). The van der Waals surface area contributed by atoms with Crippen LogP contribution in [0.2, 0.25) is 0 Å². The van der Waals surface area contributed by atoms with Crippen molar-refractivity contribution in [2.75, 3.05) is 0 Å². The Labute approximate surface area is 356 Å². The van der Waals surface area contributed by atoms with Gasteiger partial charge in [0.2, 0.25) is 0 Å². The monoisotopic (exact) mass is 793 g/mol. The van der Waals surface area contributed by atoms with Crippen LogP contribution in [-0.4, -0.2) is 15.0 Å². The van der Waals surface area contributed by atoms with Crippen molar-refractivity contribution in [1.29, 1.82) is 0 Å². The van der Waals surface area contributed by atoms with E-state index in [2.05, 4.69) is 212 Å². The van der Waals surface area contributed by atoms with E-state index in [-0.39, 0.29) is 0 Å². The molecule has 2 heterocycles. The Bertz CT molecular complexity index is 3650. The molecule has 10 aromatic carbocycles. The van der Waals surface area contributed by atoms with Crippen molar-refractivity contribution in [2.45, 2.75) is 0 Å². The number of hydrogen-bond donors (Lipinski definition) is 0. The average molecular weight is 794 g/mol. The Balaban J connectivity index is 1.09. The maximum Gasteiger partial charge on any atom is 0.165 e. The molecule has 0 bridgehead atoms. The van der Waals surface area contributed by atoms with Crippen LogP contribution < -0.4 is 0 Å². The first-order valence-corrected chi connectivity index (χ1v) is 21.4. The number of benzene rings is 10. The topological polar surface area (TPSA) is 38.7 Å². The number of nitrogens with zero attached hydrogens (tertiary/aromatic N) is 3. The number of hydrogen-bond acceptors (Lipinski definition) is 4. The van der Waals surface area contributed by atoms with Gasteiger partial charge in [0, 0.05) is 36.9 Å². The van der Waals surface area contributed by atoms with Gasteiger partial charge < -0.3 is 0 Å². The van der Waals surface area contributed by atoms with Crippen LogP contribution in [0, 0.1) is 0 Å². The highest BCUT2D eigenvalue weighted by Crippen LogP contribution is 2.43. The van der Waals surface area contributed by atoms with E-state index in [1.165, 1.54) is 53.5 Å². The predicted molar refractivity (Wildman–Crippen MR) is 258 cm³/mol. The van der Waals surface area contributed by atoms with Crippen molar-refractivity contribution < 1.29 is 0 Å². The number of fused-ring (bicyclic) bond motifs is 6. The first kappa shape index (κ1) is 35.2. The number of aromatic nitrogens is 3. The van der Waals surface area contributed by atoms with Crippen LogP contribution in [0.5, 0.6) is 0 Å². The third kappa shape index (κ3) is 6.16. The molecular weight excluding hydrogens is 759 g/mol. The summed E-state index contributed by atoms with van der Waals surface area (Å²) in [6.07, 6.45) is 0. The molecular formula is C57H35N3S. The number of thiophene rings is 1. The first-order valence-electron chi connectivity index (χ1n) is 20.6. The molecule has 284 valence electrons. The SMILES string of the molecule is c1ccc(-c2cc3ccccc3cc2-c2nc(-c3cccc(-c4ccc(-c5ccccc5)c5ccccc45)c3)nc(-c3cccc4c3sc3cc5ccccc5cc34)n2)cc1. The minimum Gasteiger partial charge on any atom is -0.208 e. The molecule has 0 aliphatic heterocycles. The van der Waals surface area contributed by atoms with Gasteiger partial charge in [-0.05, 0) is 102 Å². The summed E-state index contributed by atoms with van der Waals surface area (Å²) < 4.78 is 2.41. The third-order valence-electron chi connectivity index (χ3n) is 11.9. The van der Waals surface area contributed by atoms with Crippen molar-refractivity contribution in [3.63, 3.8) is 0 Å². The van der Waals surface area contributed by atoms with E-state index in [1.807, 2.05) is 0 Å². The largest absolute Gasteiger partial charge is 0.208 e. The zero-order valence-corrected chi connectivity index (χ0v) is 33.8. The summed E-state index contributed by atoms with van der Waals surface area (Å²) in [7, 11) is 0. The highest BCUT2D eigenvalue weighted by molar-refractivity contribution is 7.26. The molecule has 0 N–H and O–H groups in total. The molecule has 0 atom stereocenters. The van der Waals surface area contributed by atoms with E-state index in [9.17, 15) is 0 Å². The maximum atomic E-state index is 5.41. The molecule has 3 nitrogen and oxygen atoms in total. The van der Waals surface area contributed by atoms with Gasteiger partial charge in [-0.1, -0.05) is 176 Å². The second-order valence-electron chi connectivity index (χ2n) is 15.6. The molecule has 0 radical (unpaired) electrons. The molecule has 0 saturated heterocycles. The van der Waals surface area contributed by atoms with Gasteiger partial charge in [0.1, 0.15) is 0 Å². The van der Waals surface area contributed by atoms with E-state index in [1.54, 1.807) is 11.3 Å². The van der Waals surface area contributed by atoms with E-state index < -0.39 is 0 Å². The molecule has 2 aromatic heterocycles. The minimum absolute atomic E-state index is 0.628. The van der Waals surface area contributed by atoms with Crippen LogP contribution in [0.4, 0.5) is 0 Å². The Morgan fingerprint density at radius 3 is 1.43 bits per heavy atom. The third-order valence-corrected chi connectivity index (χ3v) is 13.1. The highest BCUT2D eigenvalue weighted by atomic mass is 32.1. The van der Waals surface area contributed by atoms with Gasteiger partial charge in [0.25, 0.3) is 0 Å². The fourth-order valence-electron chi connectivity index (χ4n) is 8.93. The van der Waals surface area contributed by atoms with Crippen molar-refractivity contribution >= 4 is 63.8 Å². The lowest BCUT2D eigenvalue weighted by Crippen LogP contribution is -2.01. The zero-order chi connectivity index (χ0) is 40.3. The van der Waals surface area contributed by atoms with Crippen LogP contribution in [0.1, 0.15) is 0 Å². The van der Waals surface area contributed by atoms with Crippen LogP contribution in [0.25, 0.3) is 120 Å². The van der Waals surface area contributed by atoms with Crippen molar-refractivity contribution in [3.8, 4) is 67.5 Å². The van der Waals surface area contributed by atoms with Crippen LogP contribution >= 0.6 is 11.3 Å². The maximum absolute atomic E-state index is 5.41. The Morgan fingerprint density at radius 1 is 0.262 bits per heavy atom. The Morgan fingerprint density at radius 2 is 0.738 bits per heavy atom. The lowest BCUT2D eigenvalue weighted by molar-refractivity contribution is 1.08. The van der Waals surface area contributed by atoms with Gasteiger partial charge >= 0.3 is 0 Å². The molecule has 4 heteroatoms. The van der Waals surface area contributed by atoms with Crippen molar-refractivity contribution in [1.82, 2.24) is 15.0 Å².